The third-order valence-electron chi connectivity index (χ3n) is 8.45. The van der Waals surface area contributed by atoms with Gasteiger partial charge in [-0.2, -0.15) is 13.2 Å². The Morgan fingerprint density at radius 2 is 1.70 bits per heavy atom. The standard InChI is InChI=1S/C32H32F3N3O2/c1-2-3-9-21-11-8-15-26-25-13-6-7-14-27(25)29(28(21)26)31(40)38(20-32(33,34)35)36-17-16-23(19-36)37-18-22-10-4-5-12-24(22)30(37)39/h4-8,10-15,23,29H,2-3,9,16-20H2,1H3. The van der Waals surface area contributed by atoms with Crippen LogP contribution in [0.4, 0.5) is 13.2 Å². The van der Waals surface area contributed by atoms with Crippen molar-refractivity contribution in [2.75, 3.05) is 19.6 Å². The Morgan fingerprint density at radius 3 is 2.45 bits per heavy atom. The van der Waals surface area contributed by atoms with Crippen LogP contribution in [0.2, 0.25) is 0 Å². The number of unbranched alkanes of at least 4 members (excludes halogenated alkanes) is 1. The average molecular weight is 548 g/mol. The predicted octanol–water partition coefficient (Wildman–Crippen LogP) is 6.18. The third-order valence-corrected chi connectivity index (χ3v) is 8.45. The first-order valence-electron chi connectivity index (χ1n) is 14.0. The quantitative estimate of drug-likeness (QED) is 0.355. The van der Waals surface area contributed by atoms with Crippen LogP contribution in [-0.2, 0) is 17.8 Å². The summed E-state index contributed by atoms with van der Waals surface area (Å²) in [4.78, 5) is 29.2. The molecule has 0 aromatic heterocycles. The highest BCUT2D eigenvalue weighted by Gasteiger charge is 2.46. The van der Waals surface area contributed by atoms with E-state index in [4.69, 9.17) is 0 Å². The highest BCUT2D eigenvalue weighted by Crippen LogP contribution is 2.48. The molecule has 40 heavy (non-hydrogen) atoms. The van der Waals surface area contributed by atoms with Crippen LogP contribution in [0.25, 0.3) is 11.1 Å². The molecule has 2 aliphatic heterocycles. The first kappa shape index (κ1) is 26.6. The number of hydrazine groups is 1. The summed E-state index contributed by atoms with van der Waals surface area (Å²) >= 11 is 0. The molecule has 0 saturated carbocycles. The lowest BCUT2D eigenvalue weighted by molar-refractivity contribution is -0.189. The van der Waals surface area contributed by atoms with Gasteiger partial charge in [0, 0.05) is 31.2 Å². The van der Waals surface area contributed by atoms with Crippen LogP contribution in [-0.4, -0.2) is 58.6 Å². The van der Waals surface area contributed by atoms with E-state index in [1.54, 1.807) is 11.0 Å². The molecule has 0 spiro atoms. The highest BCUT2D eigenvalue weighted by atomic mass is 19.4. The number of aryl methyl sites for hydroxylation is 1. The Labute approximate surface area is 232 Å². The van der Waals surface area contributed by atoms with E-state index < -0.39 is 24.5 Å². The largest absolute Gasteiger partial charge is 0.407 e. The van der Waals surface area contributed by atoms with E-state index in [2.05, 4.69) is 6.92 Å². The molecule has 6 rings (SSSR count). The molecule has 0 radical (unpaired) electrons. The summed E-state index contributed by atoms with van der Waals surface area (Å²) in [5.41, 5.74) is 5.99. The Balaban J connectivity index is 1.32. The van der Waals surface area contributed by atoms with Gasteiger partial charge in [0.2, 0.25) is 5.91 Å². The Bertz CT molecular complexity index is 1450. The summed E-state index contributed by atoms with van der Waals surface area (Å²) in [6.45, 7) is 1.62. The van der Waals surface area contributed by atoms with Crippen molar-refractivity contribution < 1.29 is 22.8 Å². The fourth-order valence-electron chi connectivity index (χ4n) is 6.59. The molecule has 3 aromatic carbocycles. The summed E-state index contributed by atoms with van der Waals surface area (Å²) < 4.78 is 42.0. The van der Waals surface area contributed by atoms with E-state index in [1.807, 2.05) is 60.7 Å². The number of nitrogens with zero attached hydrogens (tertiary/aromatic N) is 3. The van der Waals surface area contributed by atoms with Crippen LogP contribution in [0.3, 0.4) is 0 Å². The summed E-state index contributed by atoms with van der Waals surface area (Å²) in [7, 11) is 0. The van der Waals surface area contributed by atoms with E-state index in [0.29, 0.717) is 18.5 Å². The number of benzene rings is 3. The van der Waals surface area contributed by atoms with E-state index in [-0.39, 0.29) is 25.0 Å². The molecule has 2 unspecified atom stereocenters. The summed E-state index contributed by atoms with van der Waals surface area (Å²) in [5, 5.41) is 2.44. The van der Waals surface area contributed by atoms with Crippen molar-refractivity contribution in [2.24, 2.45) is 0 Å². The second-order valence-electron chi connectivity index (χ2n) is 11.0. The Hall–Kier alpha value is -3.65. The first-order valence-corrected chi connectivity index (χ1v) is 14.0. The van der Waals surface area contributed by atoms with Crippen LogP contribution in [0.15, 0.2) is 66.7 Å². The van der Waals surface area contributed by atoms with Crippen molar-refractivity contribution in [3.05, 3.63) is 94.5 Å². The second-order valence-corrected chi connectivity index (χ2v) is 11.0. The maximum atomic E-state index is 14.3. The van der Waals surface area contributed by atoms with Crippen LogP contribution in [0, 0.1) is 0 Å². The minimum atomic E-state index is -4.57. The number of hydrogen-bond donors (Lipinski definition) is 0. The molecular weight excluding hydrogens is 515 g/mol. The van der Waals surface area contributed by atoms with Crippen LogP contribution >= 0.6 is 0 Å². The Morgan fingerprint density at radius 1 is 0.975 bits per heavy atom. The highest BCUT2D eigenvalue weighted by molar-refractivity contribution is 5.99. The SMILES string of the molecule is CCCCc1cccc2c1C(C(=O)N(CC(F)(F)F)N1CCC(N3Cc4ccccc4C3=O)C1)c1ccccc1-2. The Kier molecular flexibility index (Phi) is 6.90. The van der Waals surface area contributed by atoms with Gasteiger partial charge in [0.05, 0.1) is 5.92 Å². The zero-order valence-electron chi connectivity index (χ0n) is 22.5. The number of alkyl halides is 3. The topological polar surface area (TPSA) is 43.9 Å². The van der Waals surface area contributed by atoms with Gasteiger partial charge in [-0.3, -0.25) is 14.6 Å². The van der Waals surface area contributed by atoms with Crippen molar-refractivity contribution >= 4 is 11.8 Å². The summed E-state index contributed by atoms with van der Waals surface area (Å²) in [6, 6.07) is 20.6. The van der Waals surface area contributed by atoms with Crippen molar-refractivity contribution in [2.45, 2.75) is 57.3 Å². The molecule has 2 amide bonds. The molecule has 5 nitrogen and oxygen atoms in total. The molecule has 0 N–H and O–H groups in total. The normalized spacial score (nSPS) is 20.0. The third kappa shape index (κ3) is 4.68. The molecule has 2 heterocycles. The zero-order chi connectivity index (χ0) is 28.0. The van der Waals surface area contributed by atoms with Gasteiger partial charge in [-0.15, -0.1) is 0 Å². The minimum Gasteiger partial charge on any atom is -0.330 e. The molecule has 1 saturated heterocycles. The fourth-order valence-corrected chi connectivity index (χ4v) is 6.59. The number of hydrogen-bond acceptors (Lipinski definition) is 3. The lowest BCUT2D eigenvalue weighted by Crippen LogP contribution is -2.52. The van der Waals surface area contributed by atoms with Crippen LogP contribution in [0.1, 0.15) is 64.7 Å². The number of carbonyl (C=O) groups excluding carboxylic acids is 2. The summed E-state index contributed by atoms with van der Waals surface area (Å²) in [5.74, 6) is -1.47. The first-order chi connectivity index (χ1) is 19.3. The van der Waals surface area contributed by atoms with Crippen molar-refractivity contribution in [1.82, 2.24) is 14.9 Å². The van der Waals surface area contributed by atoms with Crippen LogP contribution in [0.5, 0.6) is 0 Å². The smallest absolute Gasteiger partial charge is 0.330 e. The number of carbonyl (C=O) groups is 2. The molecule has 3 aromatic rings. The molecule has 2 atom stereocenters. The molecule has 3 aliphatic rings. The molecule has 1 fully saturated rings. The number of fused-ring (bicyclic) bond motifs is 4. The molecule has 208 valence electrons. The van der Waals surface area contributed by atoms with Crippen molar-refractivity contribution in [3.8, 4) is 11.1 Å². The fraction of sp³-hybridized carbons (Fsp3) is 0.375. The van der Waals surface area contributed by atoms with Gasteiger partial charge < -0.3 is 4.90 Å². The molecule has 8 heteroatoms. The van der Waals surface area contributed by atoms with Gasteiger partial charge in [0.15, 0.2) is 0 Å². The summed E-state index contributed by atoms with van der Waals surface area (Å²) in [6.07, 6.45) is -1.40. The predicted molar refractivity (Wildman–Crippen MR) is 146 cm³/mol. The molecule has 0 bridgehead atoms. The average Bonchev–Trinajstić information content (AvgIpc) is 3.64. The van der Waals surface area contributed by atoms with E-state index in [9.17, 15) is 22.8 Å². The van der Waals surface area contributed by atoms with Gasteiger partial charge in [-0.1, -0.05) is 74.0 Å². The molecule has 1 aliphatic carbocycles. The minimum absolute atomic E-state index is 0.102. The lowest BCUT2D eigenvalue weighted by Gasteiger charge is -2.35. The second kappa shape index (κ2) is 10.4. The van der Waals surface area contributed by atoms with E-state index >= 15 is 0 Å². The van der Waals surface area contributed by atoms with Gasteiger partial charge in [-0.25, -0.2) is 5.01 Å². The van der Waals surface area contributed by atoms with Gasteiger partial charge >= 0.3 is 6.18 Å². The van der Waals surface area contributed by atoms with Gasteiger partial charge in [0.25, 0.3) is 5.91 Å². The molecular formula is C32H32F3N3O2. The van der Waals surface area contributed by atoms with Gasteiger partial charge in [-0.05, 0) is 58.7 Å². The monoisotopic (exact) mass is 547 g/mol. The van der Waals surface area contributed by atoms with Crippen molar-refractivity contribution in [3.63, 3.8) is 0 Å². The van der Waals surface area contributed by atoms with E-state index in [0.717, 1.165) is 57.7 Å². The number of rotatable bonds is 7. The zero-order valence-corrected chi connectivity index (χ0v) is 22.5. The van der Waals surface area contributed by atoms with Gasteiger partial charge in [0.1, 0.15) is 6.54 Å². The maximum Gasteiger partial charge on any atom is 0.407 e. The van der Waals surface area contributed by atoms with Crippen LogP contribution < -0.4 is 0 Å². The number of halogens is 3. The van der Waals surface area contributed by atoms with Crippen molar-refractivity contribution in [1.29, 1.82) is 0 Å². The number of amides is 2. The maximum absolute atomic E-state index is 14.3. The lowest BCUT2D eigenvalue weighted by atomic mass is 9.90. The van der Waals surface area contributed by atoms with E-state index in [1.165, 1.54) is 5.01 Å².